The summed E-state index contributed by atoms with van der Waals surface area (Å²) in [6.45, 7) is 18.4. The highest BCUT2D eigenvalue weighted by molar-refractivity contribution is 6.79. The second kappa shape index (κ2) is 10.0. The third-order valence-electron chi connectivity index (χ3n) is 5.05. The van der Waals surface area contributed by atoms with E-state index in [1.54, 1.807) is 0 Å². The second-order valence-electron chi connectivity index (χ2n) is 7.62. The number of carboxylic acids is 1. The van der Waals surface area contributed by atoms with Crippen LogP contribution in [0.3, 0.4) is 0 Å². The molecule has 0 bridgehead atoms. The summed E-state index contributed by atoms with van der Waals surface area (Å²) in [4.78, 5) is 24.2. The zero-order valence-electron chi connectivity index (χ0n) is 16.5. The Bertz CT molecular complexity index is 419. The van der Waals surface area contributed by atoms with Crippen LogP contribution in [0.1, 0.15) is 74.1 Å². The molecule has 0 aliphatic heterocycles. The van der Waals surface area contributed by atoms with Crippen molar-refractivity contribution < 1.29 is 19.1 Å². The maximum atomic E-state index is 12.7. The largest absolute Gasteiger partial charge is 0.515 e. The predicted octanol–water partition coefficient (Wildman–Crippen LogP) is 5.54. The summed E-state index contributed by atoms with van der Waals surface area (Å²) in [7, 11) is -2.38. The number of carbonyl (C=O) groups excluding carboxylic acids is 1. The van der Waals surface area contributed by atoms with Gasteiger partial charge in [-0.3, -0.25) is 4.79 Å². The standard InChI is InChI=1S/C19H36O4Si/c1-9-10-11-12-17(18(20)21)16(8)19(22)23-24(13(2)3,14(4)5)15(6)7/h13-15,17H,8-12H2,1-7H3,(H,20,21). The molecule has 1 atom stereocenters. The van der Waals surface area contributed by atoms with Crippen molar-refractivity contribution in [2.75, 3.05) is 0 Å². The van der Waals surface area contributed by atoms with Gasteiger partial charge >= 0.3 is 11.9 Å². The smallest absolute Gasteiger partial charge is 0.321 e. The Morgan fingerprint density at radius 3 is 1.79 bits per heavy atom. The van der Waals surface area contributed by atoms with Crippen molar-refractivity contribution in [1.82, 2.24) is 0 Å². The van der Waals surface area contributed by atoms with Gasteiger partial charge in [-0.2, -0.15) is 0 Å². The summed E-state index contributed by atoms with van der Waals surface area (Å²) in [5.74, 6) is -2.34. The number of rotatable bonds is 11. The molecule has 24 heavy (non-hydrogen) atoms. The van der Waals surface area contributed by atoms with Crippen molar-refractivity contribution in [3.8, 4) is 0 Å². The number of unbranched alkanes of at least 4 members (excludes halogenated alkanes) is 2. The molecule has 0 spiro atoms. The molecule has 140 valence electrons. The maximum Gasteiger partial charge on any atom is 0.321 e. The monoisotopic (exact) mass is 356 g/mol. The first kappa shape index (κ1) is 22.9. The summed E-state index contributed by atoms with van der Waals surface area (Å²) in [5, 5.41) is 9.46. The van der Waals surface area contributed by atoms with Crippen LogP contribution in [0, 0.1) is 5.92 Å². The molecule has 4 nitrogen and oxygen atoms in total. The molecule has 0 aromatic heterocycles. The first-order valence-electron chi connectivity index (χ1n) is 9.17. The minimum atomic E-state index is -2.38. The van der Waals surface area contributed by atoms with Crippen molar-refractivity contribution in [3.05, 3.63) is 12.2 Å². The molecule has 0 fully saturated rings. The van der Waals surface area contributed by atoms with Gasteiger partial charge < -0.3 is 9.53 Å². The summed E-state index contributed by atoms with van der Waals surface area (Å²) in [6, 6.07) is 0. The summed E-state index contributed by atoms with van der Waals surface area (Å²) < 4.78 is 6.06. The second-order valence-corrected chi connectivity index (χ2v) is 13.0. The number of aliphatic carboxylic acids is 1. The predicted molar refractivity (Wildman–Crippen MR) is 102 cm³/mol. The lowest BCUT2D eigenvalue weighted by molar-refractivity contribution is -0.143. The highest BCUT2D eigenvalue weighted by Gasteiger charge is 2.48. The van der Waals surface area contributed by atoms with Crippen molar-refractivity contribution >= 4 is 20.3 Å². The fraction of sp³-hybridized carbons (Fsp3) is 0.789. The van der Waals surface area contributed by atoms with Crippen LogP contribution in [0.4, 0.5) is 0 Å². The number of carbonyl (C=O) groups is 2. The topological polar surface area (TPSA) is 63.6 Å². The quantitative estimate of drug-likeness (QED) is 0.300. The normalized spacial score (nSPS) is 13.4. The van der Waals surface area contributed by atoms with Crippen LogP contribution in [0.2, 0.25) is 16.6 Å². The van der Waals surface area contributed by atoms with Crippen LogP contribution in [-0.4, -0.2) is 25.4 Å². The van der Waals surface area contributed by atoms with Gasteiger partial charge in [0.1, 0.15) is 0 Å². The van der Waals surface area contributed by atoms with Gasteiger partial charge in [-0.15, -0.1) is 0 Å². The minimum absolute atomic E-state index is 0.0948. The van der Waals surface area contributed by atoms with E-state index in [0.717, 1.165) is 19.3 Å². The van der Waals surface area contributed by atoms with Gasteiger partial charge in [0.15, 0.2) is 0 Å². The Morgan fingerprint density at radius 1 is 1.00 bits per heavy atom. The molecule has 5 heteroatoms. The average molecular weight is 357 g/mol. The molecule has 0 heterocycles. The zero-order chi connectivity index (χ0) is 19.1. The van der Waals surface area contributed by atoms with Crippen molar-refractivity contribution in [2.45, 2.75) is 90.8 Å². The van der Waals surface area contributed by atoms with E-state index >= 15 is 0 Å². The lowest BCUT2D eigenvalue weighted by atomic mass is 9.94. The minimum Gasteiger partial charge on any atom is -0.515 e. The number of hydrogen-bond acceptors (Lipinski definition) is 3. The van der Waals surface area contributed by atoms with Gasteiger partial charge in [0, 0.05) is 5.57 Å². The molecule has 0 amide bonds. The van der Waals surface area contributed by atoms with E-state index in [2.05, 4.69) is 55.0 Å². The fourth-order valence-electron chi connectivity index (χ4n) is 3.77. The van der Waals surface area contributed by atoms with Crippen LogP contribution in [0.15, 0.2) is 12.2 Å². The SMILES string of the molecule is C=C(C(=O)O[Si](C(C)C)(C(C)C)C(C)C)C(CCCCC)C(=O)O. The number of hydrogen-bond donors (Lipinski definition) is 1. The molecule has 0 aromatic carbocycles. The first-order chi connectivity index (χ1) is 11.0. The molecule has 1 unspecified atom stereocenters. The van der Waals surface area contributed by atoms with E-state index in [0.29, 0.717) is 6.42 Å². The van der Waals surface area contributed by atoms with Crippen LogP contribution in [0.25, 0.3) is 0 Å². The van der Waals surface area contributed by atoms with Crippen molar-refractivity contribution in [1.29, 1.82) is 0 Å². The van der Waals surface area contributed by atoms with Gasteiger partial charge in [0.05, 0.1) is 5.92 Å². The lowest BCUT2D eigenvalue weighted by Crippen LogP contribution is -2.49. The fourth-order valence-corrected chi connectivity index (χ4v) is 8.93. The molecule has 0 rings (SSSR count). The van der Waals surface area contributed by atoms with Gasteiger partial charge in [-0.05, 0) is 23.0 Å². The van der Waals surface area contributed by atoms with Crippen molar-refractivity contribution in [2.24, 2.45) is 5.92 Å². The Balaban J connectivity index is 5.34. The van der Waals surface area contributed by atoms with Crippen LogP contribution >= 0.6 is 0 Å². The Hall–Kier alpha value is -1.10. The molecule has 0 aliphatic rings. The summed E-state index contributed by atoms with van der Waals surface area (Å²) in [5.41, 5.74) is 0.880. The zero-order valence-corrected chi connectivity index (χ0v) is 17.5. The maximum absolute atomic E-state index is 12.7. The Morgan fingerprint density at radius 2 is 1.46 bits per heavy atom. The van der Waals surface area contributed by atoms with E-state index in [-0.39, 0.29) is 22.2 Å². The third-order valence-corrected chi connectivity index (χ3v) is 11.0. The van der Waals surface area contributed by atoms with Crippen LogP contribution in [-0.2, 0) is 14.0 Å². The van der Waals surface area contributed by atoms with Crippen LogP contribution < -0.4 is 0 Å². The Kier molecular flexibility index (Phi) is 9.56. The molecule has 0 saturated carbocycles. The summed E-state index contributed by atoms with van der Waals surface area (Å²) in [6.07, 6.45) is 3.18. The molecule has 0 aliphatic carbocycles. The molecule has 0 radical (unpaired) electrons. The van der Waals surface area contributed by atoms with E-state index < -0.39 is 26.2 Å². The number of carboxylic acid groups (broad SMARTS) is 1. The van der Waals surface area contributed by atoms with Gasteiger partial charge in [-0.25, -0.2) is 4.79 Å². The van der Waals surface area contributed by atoms with Gasteiger partial charge in [-0.1, -0.05) is 74.3 Å². The highest BCUT2D eigenvalue weighted by Crippen LogP contribution is 2.43. The van der Waals surface area contributed by atoms with Gasteiger partial charge in [0.25, 0.3) is 8.32 Å². The average Bonchev–Trinajstić information content (AvgIpc) is 2.46. The first-order valence-corrected chi connectivity index (χ1v) is 11.3. The van der Waals surface area contributed by atoms with E-state index in [1.165, 1.54) is 0 Å². The highest BCUT2D eigenvalue weighted by atomic mass is 28.4. The molecular formula is C19H36O4Si. The molecule has 1 N–H and O–H groups in total. The summed E-state index contributed by atoms with van der Waals surface area (Å²) >= 11 is 0. The lowest BCUT2D eigenvalue weighted by Gasteiger charge is -2.41. The van der Waals surface area contributed by atoms with E-state index in [1.807, 2.05) is 0 Å². The van der Waals surface area contributed by atoms with E-state index in [4.69, 9.17) is 4.43 Å². The van der Waals surface area contributed by atoms with Crippen LogP contribution in [0.5, 0.6) is 0 Å². The van der Waals surface area contributed by atoms with E-state index in [9.17, 15) is 14.7 Å². The van der Waals surface area contributed by atoms with Gasteiger partial charge in [0.2, 0.25) is 0 Å². The molecule has 0 saturated heterocycles. The molecule has 0 aromatic rings. The third kappa shape index (κ3) is 5.47. The Labute approximate surface area is 148 Å². The van der Waals surface area contributed by atoms with Crippen molar-refractivity contribution in [3.63, 3.8) is 0 Å². The molecular weight excluding hydrogens is 320 g/mol.